The van der Waals surface area contributed by atoms with Gasteiger partial charge in [0.05, 0.1) is 11.0 Å². The average Bonchev–Trinajstić information content (AvgIpc) is 2.46. The average molecular weight is 314 g/mol. The SMILES string of the molecule is CCc1ccc(S(=O)(=O)NCC(O)C(CC)CC)cc1N. The molecule has 0 aliphatic carbocycles. The summed E-state index contributed by atoms with van der Waals surface area (Å²) in [4.78, 5) is 0.133. The summed E-state index contributed by atoms with van der Waals surface area (Å²) >= 11 is 0. The van der Waals surface area contributed by atoms with Crippen LogP contribution in [0.1, 0.15) is 39.2 Å². The molecule has 1 aromatic carbocycles. The minimum atomic E-state index is -3.64. The number of anilines is 1. The van der Waals surface area contributed by atoms with Crippen LogP contribution in [0.5, 0.6) is 0 Å². The van der Waals surface area contributed by atoms with Gasteiger partial charge in [-0.1, -0.05) is 39.7 Å². The zero-order valence-corrected chi connectivity index (χ0v) is 13.8. The predicted molar refractivity (Wildman–Crippen MR) is 85.5 cm³/mol. The van der Waals surface area contributed by atoms with Crippen molar-refractivity contribution in [3.63, 3.8) is 0 Å². The van der Waals surface area contributed by atoms with Crippen LogP contribution in [0.2, 0.25) is 0 Å². The Labute approximate surface area is 127 Å². The molecule has 21 heavy (non-hydrogen) atoms. The summed E-state index contributed by atoms with van der Waals surface area (Å²) in [5.41, 5.74) is 7.23. The number of aliphatic hydroxyl groups excluding tert-OH is 1. The standard InChI is InChI=1S/C15H26N2O3S/c1-4-11(5-2)15(18)10-17-21(19,20)13-8-7-12(6-3)14(16)9-13/h7-9,11,15,17-18H,4-6,10,16H2,1-3H3. The van der Waals surface area contributed by atoms with E-state index >= 15 is 0 Å². The smallest absolute Gasteiger partial charge is 0.240 e. The molecule has 5 nitrogen and oxygen atoms in total. The van der Waals surface area contributed by atoms with Crippen LogP contribution in [0.25, 0.3) is 0 Å². The van der Waals surface area contributed by atoms with Crippen molar-refractivity contribution >= 4 is 15.7 Å². The van der Waals surface area contributed by atoms with Crippen molar-refractivity contribution in [2.24, 2.45) is 5.92 Å². The number of nitrogens with one attached hydrogen (secondary N) is 1. The highest BCUT2D eigenvalue weighted by atomic mass is 32.2. The molecule has 6 heteroatoms. The van der Waals surface area contributed by atoms with E-state index in [4.69, 9.17) is 5.73 Å². The second-order valence-corrected chi connectivity index (χ2v) is 6.98. The van der Waals surface area contributed by atoms with Crippen LogP contribution in [0.15, 0.2) is 23.1 Å². The van der Waals surface area contributed by atoms with E-state index < -0.39 is 16.1 Å². The molecule has 0 bridgehead atoms. The Bertz CT molecular complexity index is 554. The summed E-state index contributed by atoms with van der Waals surface area (Å²) in [6, 6.07) is 4.73. The molecule has 1 aromatic rings. The summed E-state index contributed by atoms with van der Waals surface area (Å²) in [6.45, 7) is 5.94. The molecule has 0 aromatic heterocycles. The predicted octanol–water partition coefficient (Wildman–Crippen LogP) is 1.91. The summed E-state index contributed by atoms with van der Waals surface area (Å²) in [5, 5.41) is 10.0. The van der Waals surface area contributed by atoms with Gasteiger partial charge in [-0.05, 0) is 30.0 Å². The largest absolute Gasteiger partial charge is 0.398 e. The van der Waals surface area contributed by atoms with Crippen molar-refractivity contribution in [3.05, 3.63) is 23.8 Å². The first-order valence-corrected chi connectivity index (χ1v) is 8.90. The van der Waals surface area contributed by atoms with E-state index in [0.29, 0.717) is 5.69 Å². The number of hydrogen-bond donors (Lipinski definition) is 3. The van der Waals surface area contributed by atoms with Gasteiger partial charge in [0.25, 0.3) is 0 Å². The molecule has 0 saturated carbocycles. The van der Waals surface area contributed by atoms with Crippen molar-refractivity contribution in [2.45, 2.75) is 51.0 Å². The lowest BCUT2D eigenvalue weighted by molar-refractivity contribution is 0.107. The van der Waals surface area contributed by atoms with Gasteiger partial charge in [-0.15, -0.1) is 0 Å². The van der Waals surface area contributed by atoms with Gasteiger partial charge in [-0.2, -0.15) is 0 Å². The second-order valence-electron chi connectivity index (χ2n) is 5.21. The van der Waals surface area contributed by atoms with Crippen LogP contribution >= 0.6 is 0 Å². The van der Waals surface area contributed by atoms with Gasteiger partial charge in [0, 0.05) is 12.2 Å². The highest BCUT2D eigenvalue weighted by Crippen LogP contribution is 2.19. The molecule has 0 radical (unpaired) electrons. The van der Waals surface area contributed by atoms with Gasteiger partial charge in [0.15, 0.2) is 0 Å². The van der Waals surface area contributed by atoms with Gasteiger partial charge in [-0.3, -0.25) is 0 Å². The summed E-state index contributed by atoms with van der Waals surface area (Å²) < 4.78 is 26.9. The molecule has 4 N–H and O–H groups in total. The van der Waals surface area contributed by atoms with Gasteiger partial charge in [0.2, 0.25) is 10.0 Å². The Morgan fingerprint density at radius 3 is 2.33 bits per heavy atom. The molecule has 0 aliphatic rings. The Balaban J connectivity index is 2.80. The summed E-state index contributed by atoms with van der Waals surface area (Å²) in [7, 11) is -3.64. The van der Waals surface area contributed by atoms with Gasteiger partial charge in [-0.25, -0.2) is 13.1 Å². The molecule has 0 heterocycles. The number of rotatable bonds is 8. The lowest BCUT2D eigenvalue weighted by Crippen LogP contribution is -2.36. The second kappa shape index (κ2) is 7.77. The number of aryl methyl sites for hydroxylation is 1. The van der Waals surface area contributed by atoms with Crippen LogP contribution in [-0.4, -0.2) is 26.2 Å². The maximum Gasteiger partial charge on any atom is 0.240 e. The molecule has 0 saturated heterocycles. The van der Waals surface area contributed by atoms with E-state index in [1.165, 1.54) is 6.07 Å². The minimum absolute atomic E-state index is 0.0180. The molecular formula is C15H26N2O3S. The fourth-order valence-electron chi connectivity index (χ4n) is 2.34. The zero-order valence-electron chi connectivity index (χ0n) is 13.0. The van der Waals surface area contributed by atoms with Crippen molar-refractivity contribution in [3.8, 4) is 0 Å². The van der Waals surface area contributed by atoms with E-state index in [1.54, 1.807) is 12.1 Å². The first-order valence-electron chi connectivity index (χ1n) is 7.41. The molecule has 1 atom stereocenters. The lowest BCUT2D eigenvalue weighted by Gasteiger charge is -2.20. The molecule has 120 valence electrons. The Hall–Kier alpha value is -1.11. The molecule has 1 unspecified atom stereocenters. The molecule has 0 aliphatic heterocycles. The lowest BCUT2D eigenvalue weighted by atomic mass is 9.97. The Kier molecular flexibility index (Phi) is 6.64. The first-order chi connectivity index (χ1) is 9.85. The van der Waals surface area contributed by atoms with Crippen molar-refractivity contribution in [1.82, 2.24) is 4.72 Å². The van der Waals surface area contributed by atoms with E-state index in [1.807, 2.05) is 20.8 Å². The monoisotopic (exact) mass is 314 g/mol. The fourth-order valence-corrected chi connectivity index (χ4v) is 3.43. The van der Waals surface area contributed by atoms with Gasteiger partial charge in [0.1, 0.15) is 0 Å². The normalized spacial score (nSPS) is 13.6. The quantitative estimate of drug-likeness (QED) is 0.639. The van der Waals surface area contributed by atoms with E-state index in [-0.39, 0.29) is 17.4 Å². The van der Waals surface area contributed by atoms with Crippen LogP contribution in [0.3, 0.4) is 0 Å². The number of nitrogen functional groups attached to an aromatic ring is 1. The van der Waals surface area contributed by atoms with Crippen LogP contribution in [0, 0.1) is 5.92 Å². The number of sulfonamides is 1. The fraction of sp³-hybridized carbons (Fsp3) is 0.600. The van der Waals surface area contributed by atoms with E-state index in [0.717, 1.165) is 24.8 Å². The molecule has 0 spiro atoms. The number of aliphatic hydroxyl groups is 1. The maximum atomic E-state index is 12.2. The zero-order chi connectivity index (χ0) is 16.0. The highest BCUT2D eigenvalue weighted by molar-refractivity contribution is 7.89. The topological polar surface area (TPSA) is 92.4 Å². The molecule has 0 fully saturated rings. The van der Waals surface area contributed by atoms with Crippen molar-refractivity contribution < 1.29 is 13.5 Å². The van der Waals surface area contributed by atoms with Crippen LogP contribution < -0.4 is 10.5 Å². The third-order valence-electron chi connectivity index (χ3n) is 3.88. The maximum absolute atomic E-state index is 12.2. The van der Waals surface area contributed by atoms with Crippen molar-refractivity contribution in [1.29, 1.82) is 0 Å². The van der Waals surface area contributed by atoms with Crippen LogP contribution in [-0.2, 0) is 16.4 Å². The first kappa shape index (κ1) is 17.9. The van der Waals surface area contributed by atoms with Crippen molar-refractivity contribution in [2.75, 3.05) is 12.3 Å². The van der Waals surface area contributed by atoms with Crippen LogP contribution in [0.4, 0.5) is 5.69 Å². The highest BCUT2D eigenvalue weighted by Gasteiger charge is 2.20. The molecule has 1 rings (SSSR count). The summed E-state index contributed by atoms with van der Waals surface area (Å²) in [6.07, 6.45) is 1.71. The van der Waals surface area contributed by atoms with E-state index in [2.05, 4.69) is 4.72 Å². The van der Waals surface area contributed by atoms with E-state index in [9.17, 15) is 13.5 Å². The Morgan fingerprint density at radius 1 is 1.24 bits per heavy atom. The number of hydrogen-bond acceptors (Lipinski definition) is 4. The van der Waals surface area contributed by atoms with Gasteiger partial charge < -0.3 is 10.8 Å². The van der Waals surface area contributed by atoms with Gasteiger partial charge >= 0.3 is 0 Å². The molecule has 0 amide bonds. The third-order valence-corrected chi connectivity index (χ3v) is 5.31. The summed E-state index contributed by atoms with van der Waals surface area (Å²) in [5.74, 6) is 0.0974. The number of benzene rings is 1. The Morgan fingerprint density at radius 2 is 1.86 bits per heavy atom. The minimum Gasteiger partial charge on any atom is -0.398 e. The third kappa shape index (κ3) is 4.69. The molecular weight excluding hydrogens is 288 g/mol. The number of nitrogens with two attached hydrogens (primary N) is 1.